The van der Waals surface area contributed by atoms with E-state index in [9.17, 15) is 24.8 Å². The number of hydrogen-bond acceptors (Lipinski definition) is 8. The standard InChI is InChI=1S/C18H11N3O5S2/c22-15(12-6-3-8-27-12)13-14(10-4-1-2-5-11(10)21(25)26)20(17(24)16(13)23)18-19-7-9-28-18/h1-9,14,23H. The molecular formula is C18H11N3O5S2. The van der Waals surface area contributed by atoms with Gasteiger partial charge < -0.3 is 5.11 Å². The number of nitro groups is 1. The van der Waals surface area contributed by atoms with Gasteiger partial charge in [-0.2, -0.15) is 0 Å². The maximum absolute atomic E-state index is 13.1. The number of thiophene rings is 1. The minimum Gasteiger partial charge on any atom is -0.503 e. The Balaban J connectivity index is 1.95. The molecule has 1 atom stereocenters. The number of amides is 1. The maximum Gasteiger partial charge on any atom is 0.296 e. The van der Waals surface area contributed by atoms with Gasteiger partial charge in [0.25, 0.3) is 11.6 Å². The number of nitro benzene ring substituents is 1. The minimum atomic E-state index is -1.16. The predicted octanol–water partition coefficient (Wildman–Crippen LogP) is 3.90. The Hall–Kier alpha value is -3.37. The van der Waals surface area contributed by atoms with Crippen molar-refractivity contribution in [3.8, 4) is 0 Å². The van der Waals surface area contributed by atoms with Crippen LogP contribution in [-0.2, 0) is 4.79 Å². The zero-order chi connectivity index (χ0) is 19.8. The van der Waals surface area contributed by atoms with Crippen LogP contribution >= 0.6 is 22.7 Å². The van der Waals surface area contributed by atoms with Gasteiger partial charge in [0, 0.05) is 17.6 Å². The normalized spacial score (nSPS) is 16.6. The summed E-state index contributed by atoms with van der Waals surface area (Å²) < 4.78 is 0. The number of aliphatic hydroxyl groups excluding tert-OH is 1. The molecule has 8 nitrogen and oxygen atoms in total. The minimum absolute atomic E-state index is 0.125. The number of thiazole rings is 1. The smallest absolute Gasteiger partial charge is 0.296 e. The summed E-state index contributed by atoms with van der Waals surface area (Å²) in [5.41, 5.74) is -0.329. The molecular weight excluding hydrogens is 402 g/mol. The molecule has 1 aliphatic rings. The summed E-state index contributed by atoms with van der Waals surface area (Å²) in [4.78, 5) is 42.4. The summed E-state index contributed by atoms with van der Waals surface area (Å²) in [6.45, 7) is 0. The van der Waals surface area contributed by atoms with Crippen molar-refractivity contribution in [2.75, 3.05) is 4.90 Å². The number of anilines is 1. The molecule has 0 saturated heterocycles. The van der Waals surface area contributed by atoms with Crippen LogP contribution in [0.1, 0.15) is 21.3 Å². The Labute approximate surface area is 166 Å². The van der Waals surface area contributed by atoms with Crippen LogP contribution in [0.15, 0.2) is 64.7 Å². The Morgan fingerprint density at radius 2 is 1.96 bits per heavy atom. The molecule has 10 heteroatoms. The summed E-state index contributed by atoms with van der Waals surface area (Å²) in [6, 6.07) is 7.92. The van der Waals surface area contributed by atoms with E-state index in [0.29, 0.717) is 4.88 Å². The number of ketones is 1. The van der Waals surface area contributed by atoms with Crippen molar-refractivity contribution in [2.45, 2.75) is 6.04 Å². The second kappa shape index (κ2) is 6.98. The number of aliphatic hydroxyl groups is 1. The first-order chi connectivity index (χ1) is 13.5. The maximum atomic E-state index is 13.1. The zero-order valence-corrected chi connectivity index (χ0v) is 15.6. The van der Waals surface area contributed by atoms with Gasteiger partial charge in [-0.1, -0.05) is 18.2 Å². The van der Waals surface area contributed by atoms with Gasteiger partial charge in [0.2, 0.25) is 5.78 Å². The highest BCUT2D eigenvalue weighted by molar-refractivity contribution is 7.14. The van der Waals surface area contributed by atoms with E-state index in [4.69, 9.17) is 0 Å². The predicted molar refractivity (Wildman–Crippen MR) is 104 cm³/mol. The molecule has 0 bridgehead atoms. The van der Waals surface area contributed by atoms with E-state index in [2.05, 4.69) is 4.98 Å². The van der Waals surface area contributed by atoms with Crippen LogP contribution in [0, 0.1) is 10.1 Å². The van der Waals surface area contributed by atoms with Crippen molar-refractivity contribution < 1.29 is 19.6 Å². The van der Waals surface area contributed by atoms with Gasteiger partial charge in [0.05, 0.1) is 20.9 Å². The van der Waals surface area contributed by atoms with Crippen LogP contribution in [0.2, 0.25) is 0 Å². The van der Waals surface area contributed by atoms with E-state index in [1.165, 1.54) is 24.4 Å². The largest absolute Gasteiger partial charge is 0.503 e. The first-order valence-corrected chi connectivity index (χ1v) is 9.74. The Morgan fingerprint density at radius 3 is 2.61 bits per heavy atom. The van der Waals surface area contributed by atoms with Gasteiger partial charge in [0.1, 0.15) is 6.04 Å². The van der Waals surface area contributed by atoms with Crippen molar-refractivity contribution >= 4 is 45.2 Å². The highest BCUT2D eigenvalue weighted by Crippen LogP contribution is 2.45. The summed E-state index contributed by atoms with van der Waals surface area (Å²) in [5.74, 6) is -2.10. The average Bonchev–Trinajstić information content (AvgIpc) is 3.43. The number of hydrogen-bond donors (Lipinski definition) is 1. The number of carbonyl (C=O) groups excluding carboxylic acids is 2. The molecule has 4 rings (SSSR count). The fraction of sp³-hybridized carbons (Fsp3) is 0.0556. The molecule has 28 heavy (non-hydrogen) atoms. The lowest BCUT2D eigenvalue weighted by molar-refractivity contribution is -0.385. The van der Waals surface area contributed by atoms with Crippen LogP contribution in [0.5, 0.6) is 0 Å². The van der Waals surface area contributed by atoms with E-state index in [-0.39, 0.29) is 22.0 Å². The second-order valence-corrected chi connectivity index (χ2v) is 7.60. The first-order valence-electron chi connectivity index (χ1n) is 7.98. The van der Waals surface area contributed by atoms with Gasteiger partial charge in [-0.3, -0.25) is 24.6 Å². The van der Waals surface area contributed by atoms with E-state index in [1.807, 2.05) is 0 Å². The van der Waals surface area contributed by atoms with E-state index in [0.717, 1.165) is 27.6 Å². The van der Waals surface area contributed by atoms with Crippen molar-refractivity contribution in [2.24, 2.45) is 0 Å². The third-order valence-electron chi connectivity index (χ3n) is 4.25. The monoisotopic (exact) mass is 413 g/mol. The Morgan fingerprint density at radius 1 is 1.18 bits per heavy atom. The quantitative estimate of drug-likeness (QED) is 0.386. The van der Waals surface area contributed by atoms with Gasteiger partial charge in [-0.05, 0) is 17.5 Å². The van der Waals surface area contributed by atoms with Crippen LogP contribution in [-0.4, -0.2) is 26.7 Å². The molecule has 140 valence electrons. The summed E-state index contributed by atoms with van der Waals surface area (Å²) in [5, 5.41) is 25.7. The van der Waals surface area contributed by atoms with Crippen LogP contribution in [0.25, 0.3) is 0 Å². The van der Waals surface area contributed by atoms with Crippen molar-refractivity contribution in [1.82, 2.24) is 4.98 Å². The molecule has 1 N–H and O–H groups in total. The van der Waals surface area contributed by atoms with Gasteiger partial charge in [-0.25, -0.2) is 4.98 Å². The van der Waals surface area contributed by atoms with Gasteiger partial charge >= 0.3 is 0 Å². The van der Waals surface area contributed by atoms with Crippen molar-refractivity contribution in [3.63, 3.8) is 0 Å². The lowest BCUT2D eigenvalue weighted by atomic mass is 9.94. The summed E-state index contributed by atoms with van der Waals surface area (Å²) in [7, 11) is 0. The number of nitrogens with zero attached hydrogens (tertiary/aromatic N) is 3. The molecule has 0 fully saturated rings. The molecule has 3 heterocycles. The fourth-order valence-electron chi connectivity index (χ4n) is 3.09. The second-order valence-electron chi connectivity index (χ2n) is 5.78. The molecule has 1 aromatic carbocycles. The van der Waals surface area contributed by atoms with Crippen molar-refractivity contribution in [1.29, 1.82) is 0 Å². The Kier molecular flexibility index (Phi) is 4.49. The Bertz CT molecular complexity index is 1110. The number of Topliss-reactive ketones (excluding diaryl/α,β-unsaturated/α-hetero) is 1. The molecule has 0 saturated carbocycles. The van der Waals surface area contributed by atoms with Gasteiger partial charge in [0.15, 0.2) is 10.9 Å². The average molecular weight is 413 g/mol. The zero-order valence-electron chi connectivity index (χ0n) is 14.0. The first kappa shape index (κ1) is 18.0. The molecule has 1 amide bonds. The highest BCUT2D eigenvalue weighted by Gasteiger charge is 2.47. The molecule has 1 aliphatic heterocycles. The topological polar surface area (TPSA) is 114 Å². The highest BCUT2D eigenvalue weighted by atomic mass is 32.1. The van der Waals surface area contributed by atoms with E-state index >= 15 is 0 Å². The SMILES string of the molecule is O=C(C1=C(O)C(=O)N(c2nccs2)C1c1ccccc1[N+](=O)[O-])c1cccs1. The fourth-order valence-corrected chi connectivity index (χ4v) is 4.43. The lowest BCUT2D eigenvalue weighted by Crippen LogP contribution is -2.31. The number of benzene rings is 1. The lowest BCUT2D eigenvalue weighted by Gasteiger charge is -2.24. The molecule has 2 aromatic heterocycles. The van der Waals surface area contributed by atoms with Gasteiger partial charge in [-0.15, -0.1) is 22.7 Å². The van der Waals surface area contributed by atoms with E-state index in [1.54, 1.807) is 29.0 Å². The number of aromatic nitrogens is 1. The molecule has 0 spiro atoms. The van der Waals surface area contributed by atoms with Crippen LogP contribution in [0.4, 0.5) is 10.8 Å². The van der Waals surface area contributed by atoms with Crippen molar-refractivity contribution in [3.05, 3.63) is 85.2 Å². The summed E-state index contributed by atoms with van der Waals surface area (Å²) in [6.07, 6.45) is 1.47. The molecule has 0 radical (unpaired) electrons. The number of para-hydroxylation sites is 1. The third kappa shape index (κ3) is 2.79. The van der Waals surface area contributed by atoms with Crippen LogP contribution in [0.3, 0.4) is 0 Å². The molecule has 0 aliphatic carbocycles. The number of carbonyl (C=O) groups is 2. The van der Waals surface area contributed by atoms with E-state index < -0.39 is 28.4 Å². The third-order valence-corrected chi connectivity index (χ3v) is 5.89. The summed E-state index contributed by atoms with van der Waals surface area (Å²) >= 11 is 2.28. The van der Waals surface area contributed by atoms with Crippen LogP contribution < -0.4 is 4.90 Å². The molecule has 3 aromatic rings. The number of rotatable bonds is 5. The molecule has 1 unspecified atom stereocenters.